The van der Waals surface area contributed by atoms with Crippen LogP contribution in [-0.4, -0.2) is 23.5 Å². The minimum atomic E-state index is -0.495. The van der Waals surface area contributed by atoms with Gasteiger partial charge in [-0.2, -0.15) is 0 Å². The Kier molecular flexibility index (Phi) is 3.56. The molecule has 1 aromatic rings. The monoisotopic (exact) mass is 237 g/mol. The van der Waals surface area contributed by atoms with Crippen LogP contribution in [0.25, 0.3) is 0 Å². The van der Waals surface area contributed by atoms with E-state index in [-0.39, 0.29) is 17.5 Å². The van der Waals surface area contributed by atoms with Crippen LogP contribution in [0.4, 0.5) is 10.2 Å². The van der Waals surface area contributed by atoms with Crippen molar-refractivity contribution in [2.75, 3.05) is 11.9 Å². The zero-order valence-electron chi connectivity index (χ0n) is 9.79. The van der Waals surface area contributed by atoms with Crippen molar-refractivity contribution in [1.82, 2.24) is 10.3 Å². The van der Waals surface area contributed by atoms with E-state index in [0.717, 1.165) is 25.5 Å². The van der Waals surface area contributed by atoms with Gasteiger partial charge in [-0.3, -0.25) is 4.79 Å². The number of nitrogens with one attached hydrogen (secondary N) is 2. The summed E-state index contributed by atoms with van der Waals surface area (Å²) in [6, 6.07) is 1.46. The zero-order valence-corrected chi connectivity index (χ0v) is 9.79. The van der Waals surface area contributed by atoms with Gasteiger partial charge in [0, 0.05) is 12.6 Å². The van der Waals surface area contributed by atoms with Crippen LogP contribution in [-0.2, 0) is 0 Å². The molecular weight excluding hydrogens is 221 g/mol. The standard InChI is InChI=1S/C12H16FN3O/c1-2-14-11-10(6-8(13)7-15-11)12(17)16-9-4-3-5-9/h6-7,9H,2-5H2,1H3,(H,14,15)(H,16,17). The van der Waals surface area contributed by atoms with E-state index < -0.39 is 5.82 Å². The van der Waals surface area contributed by atoms with E-state index in [9.17, 15) is 9.18 Å². The fraction of sp³-hybridized carbons (Fsp3) is 0.500. The van der Waals surface area contributed by atoms with Crippen LogP contribution in [0.5, 0.6) is 0 Å². The molecule has 1 heterocycles. The lowest BCUT2D eigenvalue weighted by Crippen LogP contribution is -2.39. The molecule has 1 saturated carbocycles. The molecule has 2 N–H and O–H groups in total. The van der Waals surface area contributed by atoms with Crippen molar-refractivity contribution < 1.29 is 9.18 Å². The molecule has 0 bridgehead atoms. The average Bonchev–Trinajstić information content (AvgIpc) is 2.26. The Balaban J connectivity index is 2.15. The molecule has 1 aromatic heterocycles. The summed E-state index contributed by atoms with van der Waals surface area (Å²) in [4.78, 5) is 15.8. The first kappa shape index (κ1) is 11.8. The van der Waals surface area contributed by atoms with E-state index in [2.05, 4.69) is 15.6 Å². The summed E-state index contributed by atoms with van der Waals surface area (Å²) >= 11 is 0. The maximum absolute atomic E-state index is 13.1. The molecule has 0 atom stereocenters. The number of hydrogen-bond acceptors (Lipinski definition) is 3. The number of halogens is 1. The van der Waals surface area contributed by atoms with Gasteiger partial charge in [0.25, 0.3) is 5.91 Å². The smallest absolute Gasteiger partial charge is 0.255 e. The fourth-order valence-electron chi connectivity index (χ4n) is 1.74. The van der Waals surface area contributed by atoms with Gasteiger partial charge in [-0.15, -0.1) is 0 Å². The molecule has 0 aliphatic heterocycles. The highest BCUT2D eigenvalue weighted by atomic mass is 19.1. The van der Waals surface area contributed by atoms with Crippen molar-refractivity contribution >= 4 is 11.7 Å². The Morgan fingerprint density at radius 1 is 1.59 bits per heavy atom. The van der Waals surface area contributed by atoms with Crippen molar-refractivity contribution in [3.8, 4) is 0 Å². The second kappa shape index (κ2) is 5.12. The molecule has 4 nitrogen and oxygen atoms in total. The summed E-state index contributed by atoms with van der Waals surface area (Å²) in [5.41, 5.74) is 0.277. The van der Waals surface area contributed by atoms with Crippen molar-refractivity contribution in [2.45, 2.75) is 32.2 Å². The molecule has 2 rings (SSSR count). The predicted octanol–water partition coefficient (Wildman–Crippen LogP) is 1.93. The van der Waals surface area contributed by atoms with Crippen LogP contribution < -0.4 is 10.6 Å². The number of carbonyl (C=O) groups excluding carboxylic acids is 1. The third-order valence-electron chi connectivity index (χ3n) is 2.88. The normalized spacial score (nSPS) is 15.2. The lowest BCUT2D eigenvalue weighted by molar-refractivity contribution is 0.0917. The number of aromatic nitrogens is 1. The van der Waals surface area contributed by atoms with Gasteiger partial charge in [0.05, 0.1) is 11.8 Å². The largest absolute Gasteiger partial charge is 0.370 e. The van der Waals surface area contributed by atoms with E-state index in [1.54, 1.807) is 0 Å². The Morgan fingerprint density at radius 2 is 2.35 bits per heavy atom. The topological polar surface area (TPSA) is 54.0 Å². The Hall–Kier alpha value is -1.65. The van der Waals surface area contributed by atoms with E-state index in [4.69, 9.17) is 0 Å². The summed E-state index contributed by atoms with van der Waals surface area (Å²) in [5, 5.41) is 5.83. The summed E-state index contributed by atoms with van der Waals surface area (Å²) in [5.74, 6) is -0.311. The minimum absolute atomic E-state index is 0.236. The molecule has 5 heteroatoms. The number of amides is 1. The highest BCUT2D eigenvalue weighted by molar-refractivity contribution is 5.98. The number of pyridine rings is 1. The second-order valence-corrected chi connectivity index (χ2v) is 4.18. The van der Waals surface area contributed by atoms with Crippen LogP contribution in [0.2, 0.25) is 0 Å². The minimum Gasteiger partial charge on any atom is -0.370 e. The summed E-state index contributed by atoms with van der Waals surface area (Å²) in [6.07, 6.45) is 4.26. The summed E-state index contributed by atoms with van der Waals surface area (Å²) in [7, 11) is 0. The first-order chi connectivity index (χ1) is 8.20. The van der Waals surface area contributed by atoms with Crippen LogP contribution in [0.1, 0.15) is 36.5 Å². The van der Waals surface area contributed by atoms with E-state index >= 15 is 0 Å². The summed E-state index contributed by atoms with van der Waals surface area (Å²) in [6.45, 7) is 2.54. The molecule has 1 aliphatic carbocycles. The Labute approximate surface area is 99.6 Å². The van der Waals surface area contributed by atoms with Crippen LogP contribution >= 0.6 is 0 Å². The van der Waals surface area contributed by atoms with Crippen molar-refractivity contribution in [3.63, 3.8) is 0 Å². The first-order valence-electron chi connectivity index (χ1n) is 5.91. The third kappa shape index (κ3) is 2.72. The van der Waals surface area contributed by atoms with Gasteiger partial charge >= 0.3 is 0 Å². The highest BCUT2D eigenvalue weighted by Gasteiger charge is 2.22. The number of hydrogen-bond donors (Lipinski definition) is 2. The van der Waals surface area contributed by atoms with Gasteiger partial charge in [0.2, 0.25) is 0 Å². The SMILES string of the molecule is CCNc1ncc(F)cc1C(=O)NC1CCC1. The van der Waals surface area contributed by atoms with Crippen LogP contribution in [0.15, 0.2) is 12.3 Å². The Bertz CT molecular complexity index is 418. The Morgan fingerprint density at radius 3 is 2.94 bits per heavy atom. The van der Waals surface area contributed by atoms with Gasteiger partial charge in [-0.1, -0.05) is 0 Å². The van der Waals surface area contributed by atoms with Gasteiger partial charge in [0.15, 0.2) is 0 Å². The van der Waals surface area contributed by atoms with Gasteiger partial charge in [-0.05, 0) is 32.3 Å². The lowest BCUT2D eigenvalue weighted by Gasteiger charge is -2.26. The number of nitrogens with zero attached hydrogens (tertiary/aromatic N) is 1. The van der Waals surface area contributed by atoms with Gasteiger partial charge in [-0.25, -0.2) is 9.37 Å². The molecule has 92 valence electrons. The molecule has 0 unspecified atom stereocenters. The molecule has 1 fully saturated rings. The van der Waals surface area contributed by atoms with Crippen molar-refractivity contribution in [3.05, 3.63) is 23.6 Å². The average molecular weight is 237 g/mol. The molecular formula is C12H16FN3O. The van der Waals surface area contributed by atoms with Gasteiger partial charge in [0.1, 0.15) is 11.6 Å². The molecule has 0 radical (unpaired) electrons. The first-order valence-corrected chi connectivity index (χ1v) is 5.91. The quantitative estimate of drug-likeness (QED) is 0.841. The molecule has 17 heavy (non-hydrogen) atoms. The molecule has 0 aromatic carbocycles. The zero-order chi connectivity index (χ0) is 12.3. The van der Waals surface area contributed by atoms with Gasteiger partial charge < -0.3 is 10.6 Å². The maximum atomic E-state index is 13.1. The predicted molar refractivity (Wildman–Crippen MR) is 63.5 cm³/mol. The molecule has 1 aliphatic rings. The number of rotatable bonds is 4. The summed E-state index contributed by atoms with van der Waals surface area (Å²) < 4.78 is 13.1. The van der Waals surface area contributed by atoms with Crippen molar-refractivity contribution in [1.29, 1.82) is 0 Å². The van der Waals surface area contributed by atoms with Crippen LogP contribution in [0.3, 0.4) is 0 Å². The second-order valence-electron chi connectivity index (χ2n) is 4.18. The maximum Gasteiger partial charge on any atom is 0.255 e. The van der Waals surface area contributed by atoms with E-state index in [1.807, 2.05) is 6.92 Å². The molecule has 0 spiro atoms. The molecule has 1 amide bonds. The third-order valence-corrected chi connectivity index (χ3v) is 2.88. The van der Waals surface area contributed by atoms with E-state index in [1.165, 1.54) is 6.07 Å². The number of anilines is 1. The molecule has 0 saturated heterocycles. The lowest BCUT2D eigenvalue weighted by atomic mass is 9.93. The van der Waals surface area contributed by atoms with E-state index in [0.29, 0.717) is 12.4 Å². The fourth-order valence-corrected chi connectivity index (χ4v) is 1.74. The highest BCUT2D eigenvalue weighted by Crippen LogP contribution is 2.20. The number of carbonyl (C=O) groups is 1. The van der Waals surface area contributed by atoms with Crippen molar-refractivity contribution in [2.24, 2.45) is 0 Å². The van der Waals surface area contributed by atoms with Crippen LogP contribution in [0, 0.1) is 5.82 Å².